The molecule has 4 heteroatoms. The van der Waals surface area contributed by atoms with E-state index in [1.54, 1.807) is 0 Å². The molecule has 128 valence electrons. The molecule has 1 aromatic rings. The van der Waals surface area contributed by atoms with Crippen molar-refractivity contribution in [3.63, 3.8) is 0 Å². The van der Waals surface area contributed by atoms with Gasteiger partial charge in [-0.3, -0.25) is 4.79 Å². The molecule has 1 saturated heterocycles. The Labute approximate surface area is 144 Å². The Morgan fingerprint density at radius 1 is 1.29 bits per heavy atom. The molecule has 2 aliphatic rings. The molecule has 0 aromatic heterocycles. The number of hydrogen-bond acceptors (Lipinski definition) is 3. The lowest BCUT2D eigenvalue weighted by Gasteiger charge is -2.23. The van der Waals surface area contributed by atoms with Gasteiger partial charge in [0, 0.05) is 19.1 Å². The van der Waals surface area contributed by atoms with Crippen molar-refractivity contribution in [1.29, 1.82) is 5.26 Å². The molecule has 0 bridgehead atoms. The molecule has 2 fully saturated rings. The smallest absolute Gasteiger partial charge is 0.224 e. The number of benzene rings is 1. The van der Waals surface area contributed by atoms with E-state index in [1.165, 1.54) is 5.56 Å². The van der Waals surface area contributed by atoms with Crippen LogP contribution in [0.15, 0.2) is 24.3 Å². The largest absolute Gasteiger partial charge is 0.381 e. The van der Waals surface area contributed by atoms with Gasteiger partial charge in [-0.05, 0) is 41.2 Å². The molecular weight excluding hydrogens is 300 g/mol. The Morgan fingerprint density at radius 2 is 1.92 bits per heavy atom. The summed E-state index contributed by atoms with van der Waals surface area (Å²) in [5.41, 5.74) is 2.28. The van der Waals surface area contributed by atoms with E-state index in [2.05, 4.69) is 32.2 Å². The van der Waals surface area contributed by atoms with Crippen molar-refractivity contribution in [2.24, 2.45) is 11.3 Å². The molecule has 3 rings (SSSR count). The van der Waals surface area contributed by atoms with Gasteiger partial charge in [0.15, 0.2) is 0 Å². The minimum atomic E-state index is -0.580. The number of hydrogen-bond donors (Lipinski definition) is 1. The number of nitriles is 1. The van der Waals surface area contributed by atoms with Gasteiger partial charge in [0.2, 0.25) is 5.91 Å². The quantitative estimate of drug-likeness (QED) is 0.925. The van der Waals surface area contributed by atoms with E-state index in [4.69, 9.17) is 4.74 Å². The van der Waals surface area contributed by atoms with Crippen LogP contribution in [0.2, 0.25) is 0 Å². The number of ether oxygens (including phenoxy) is 1. The van der Waals surface area contributed by atoms with Gasteiger partial charge in [-0.15, -0.1) is 0 Å². The Bertz CT molecular complexity index is 646. The van der Waals surface area contributed by atoms with Gasteiger partial charge < -0.3 is 10.1 Å². The van der Waals surface area contributed by atoms with Crippen molar-refractivity contribution in [1.82, 2.24) is 5.32 Å². The average Bonchev–Trinajstić information content (AvgIpc) is 3.25. The summed E-state index contributed by atoms with van der Waals surface area (Å²) >= 11 is 0. The van der Waals surface area contributed by atoms with Gasteiger partial charge >= 0.3 is 0 Å². The van der Waals surface area contributed by atoms with E-state index in [0.29, 0.717) is 0 Å². The van der Waals surface area contributed by atoms with Gasteiger partial charge in [0.25, 0.3) is 0 Å². The van der Waals surface area contributed by atoms with E-state index >= 15 is 0 Å². The number of carbonyl (C=O) groups is 1. The number of carbonyl (C=O) groups excluding carboxylic acids is 1. The van der Waals surface area contributed by atoms with Gasteiger partial charge in [0.1, 0.15) is 6.04 Å². The van der Waals surface area contributed by atoms with E-state index in [9.17, 15) is 10.1 Å². The normalized spacial score (nSPS) is 23.3. The van der Waals surface area contributed by atoms with Gasteiger partial charge in [-0.2, -0.15) is 5.26 Å². The van der Waals surface area contributed by atoms with Crippen LogP contribution in [0.5, 0.6) is 0 Å². The van der Waals surface area contributed by atoms with E-state index in [0.717, 1.165) is 38.0 Å². The Hall–Kier alpha value is -1.86. The molecular formula is C20H26N2O2. The highest BCUT2D eigenvalue weighted by molar-refractivity contribution is 5.83. The second-order valence-electron chi connectivity index (χ2n) is 8.17. The van der Waals surface area contributed by atoms with Crippen molar-refractivity contribution in [3.05, 3.63) is 35.4 Å². The van der Waals surface area contributed by atoms with E-state index < -0.39 is 6.04 Å². The molecule has 1 spiro atoms. The highest BCUT2D eigenvalue weighted by Crippen LogP contribution is 2.59. The molecule has 0 radical (unpaired) electrons. The van der Waals surface area contributed by atoms with Crippen LogP contribution < -0.4 is 5.32 Å². The minimum Gasteiger partial charge on any atom is -0.381 e. The lowest BCUT2D eigenvalue weighted by molar-refractivity contribution is -0.124. The topological polar surface area (TPSA) is 62.1 Å². The fourth-order valence-corrected chi connectivity index (χ4v) is 3.66. The molecule has 0 unspecified atom stereocenters. The third-order valence-corrected chi connectivity index (χ3v) is 5.52. The first-order valence-electron chi connectivity index (χ1n) is 8.74. The zero-order valence-corrected chi connectivity index (χ0v) is 14.8. The maximum absolute atomic E-state index is 12.5. The van der Waals surface area contributed by atoms with Crippen LogP contribution in [0, 0.1) is 22.7 Å². The molecule has 1 N–H and O–H groups in total. The maximum Gasteiger partial charge on any atom is 0.224 e. The summed E-state index contributed by atoms with van der Waals surface area (Å²) in [6, 6.07) is 9.63. The monoisotopic (exact) mass is 326 g/mol. The molecule has 1 aromatic carbocycles. The molecule has 1 amide bonds. The molecule has 1 aliphatic heterocycles. The molecule has 1 saturated carbocycles. The predicted molar refractivity (Wildman–Crippen MR) is 92.2 cm³/mol. The fourth-order valence-electron chi connectivity index (χ4n) is 3.66. The van der Waals surface area contributed by atoms with E-state index in [-0.39, 0.29) is 22.7 Å². The first-order valence-corrected chi connectivity index (χ1v) is 8.74. The first-order chi connectivity index (χ1) is 11.4. The van der Waals surface area contributed by atoms with Crippen LogP contribution in [0.1, 0.15) is 57.2 Å². The van der Waals surface area contributed by atoms with Crippen LogP contribution in [0.4, 0.5) is 0 Å². The van der Waals surface area contributed by atoms with Crippen molar-refractivity contribution in [2.75, 3.05) is 13.2 Å². The van der Waals surface area contributed by atoms with Crippen LogP contribution in [-0.4, -0.2) is 19.1 Å². The van der Waals surface area contributed by atoms with Gasteiger partial charge in [-0.1, -0.05) is 45.0 Å². The summed E-state index contributed by atoms with van der Waals surface area (Å²) < 4.78 is 5.40. The second-order valence-corrected chi connectivity index (χ2v) is 8.17. The molecule has 1 aliphatic carbocycles. The van der Waals surface area contributed by atoms with Crippen molar-refractivity contribution in [2.45, 2.75) is 51.5 Å². The molecule has 1 heterocycles. The summed E-state index contributed by atoms with van der Waals surface area (Å²) in [5.74, 6) is 0.0643. The lowest BCUT2D eigenvalue weighted by atomic mass is 9.86. The Balaban J connectivity index is 1.65. The minimum absolute atomic E-state index is 0.0170. The first kappa shape index (κ1) is 17.0. The number of amides is 1. The summed E-state index contributed by atoms with van der Waals surface area (Å²) in [5, 5.41) is 12.4. The van der Waals surface area contributed by atoms with Crippen LogP contribution in [0.25, 0.3) is 0 Å². The number of nitrogens with zero attached hydrogens (tertiary/aromatic N) is 1. The predicted octanol–water partition coefficient (Wildman–Crippen LogP) is 3.48. The highest BCUT2D eigenvalue weighted by atomic mass is 16.5. The van der Waals surface area contributed by atoms with Crippen molar-refractivity contribution in [3.8, 4) is 6.07 Å². The van der Waals surface area contributed by atoms with Crippen LogP contribution >= 0.6 is 0 Å². The number of nitrogens with one attached hydrogen (secondary N) is 1. The summed E-state index contributed by atoms with van der Waals surface area (Å²) in [6.45, 7) is 7.98. The van der Waals surface area contributed by atoms with Gasteiger partial charge in [-0.25, -0.2) is 0 Å². The Kier molecular flexibility index (Phi) is 4.40. The average molecular weight is 326 g/mol. The zero-order chi connectivity index (χ0) is 17.4. The summed E-state index contributed by atoms with van der Waals surface area (Å²) in [7, 11) is 0. The van der Waals surface area contributed by atoms with Crippen LogP contribution in [0.3, 0.4) is 0 Å². The summed E-state index contributed by atoms with van der Waals surface area (Å²) in [4.78, 5) is 12.5. The molecule has 24 heavy (non-hydrogen) atoms. The molecule has 2 atom stereocenters. The third-order valence-electron chi connectivity index (χ3n) is 5.52. The molecule has 4 nitrogen and oxygen atoms in total. The highest BCUT2D eigenvalue weighted by Gasteiger charge is 2.58. The zero-order valence-electron chi connectivity index (χ0n) is 14.8. The summed E-state index contributed by atoms with van der Waals surface area (Å²) in [6.07, 6.45) is 2.86. The van der Waals surface area contributed by atoms with E-state index in [1.807, 2.05) is 24.3 Å². The maximum atomic E-state index is 12.5. The van der Waals surface area contributed by atoms with Crippen LogP contribution in [-0.2, 0) is 14.9 Å². The Morgan fingerprint density at radius 3 is 2.46 bits per heavy atom. The number of rotatable bonds is 3. The SMILES string of the molecule is CC(C)(C)c1ccc([C@H](C#N)NC(=O)[C@H]2CC23CCOCC3)cc1. The van der Waals surface area contributed by atoms with Crippen molar-refractivity contribution >= 4 is 5.91 Å². The second kappa shape index (κ2) is 6.22. The fraction of sp³-hybridized carbons (Fsp3) is 0.600. The standard InChI is InChI=1S/C20H26N2O2/c1-19(2,3)15-6-4-14(5-7-15)17(13-21)22-18(23)16-12-20(16)8-10-24-11-9-20/h4-7,16-17H,8-12H2,1-3H3,(H,22,23)/t16-,17+/m1/s1. The lowest BCUT2D eigenvalue weighted by Crippen LogP contribution is -2.32. The van der Waals surface area contributed by atoms with Crippen molar-refractivity contribution < 1.29 is 9.53 Å². The van der Waals surface area contributed by atoms with Gasteiger partial charge in [0.05, 0.1) is 6.07 Å². The third kappa shape index (κ3) is 3.32.